The van der Waals surface area contributed by atoms with Crippen LogP contribution in [0, 0.1) is 18.3 Å². The number of nitriles is 1. The van der Waals surface area contributed by atoms with Gasteiger partial charge in [0.1, 0.15) is 0 Å². The molecule has 0 unspecified atom stereocenters. The number of aryl methyl sites for hydroxylation is 1. The summed E-state index contributed by atoms with van der Waals surface area (Å²) in [5, 5.41) is 18.1. The maximum Gasteiger partial charge on any atom is 0.0684 e. The molecule has 0 aliphatic carbocycles. The predicted molar refractivity (Wildman–Crippen MR) is 82.6 cm³/mol. The molecule has 2 aromatic rings. The second-order valence-electron chi connectivity index (χ2n) is 4.96. The van der Waals surface area contributed by atoms with Crippen LogP contribution in [0.3, 0.4) is 0 Å². The number of nitrogens with zero attached hydrogens (tertiary/aromatic N) is 3. The highest BCUT2D eigenvalue weighted by Gasteiger charge is 2.09. The van der Waals surface area contributed by atoms with E-state index in [1.807, 2.05) is 37.4 Å². The lowest BCUT2D eigenvalue weighted by Gasteiger charge is -2.24. The summed E-state index contributed by atoms with van der Waals surface area (Å²) < 4.78 is 0. The van der Waals surface area contributed by atoms with Crippen molar-refractivity contribution >= 4 is 5.69 Å². The van der Waals surface area contributed by atoms with Gasteiger partial charge >= 0.3 is 0 Å². The van der Waals surface area contributed by atoms with E-state index in [2.05, 4.69) is 22.0 Å². The number of aliphatic hydroxyl groups excluding tert-OH is 1. The largest absolute Gasteiger partial charge is 0.392 e. The molecule has 4 nitrogen and oxygen atoms in total. The van der Waals surface area contributed by atoms with Crippen LogP contribution in [0.2, 0.25) is 0 Å². The fourth-order valence-corrected chi connectivity index (χ4v) is 2.25. The lowest BCUT2D eigenvalue weighted by molar-refractivity contribution is 0.281. The molecular formula is C17H19N3O. The molecule has 1 aromatic heterocycles. The van der Waals surface area contributed by atoms with Crippen molar-refractivity contribution in [2.45, 2.75) is 26.5 Å². The molecule has 0 aliphatic rings. The van der Waals surface area contributed by atoms with Crippen molar-refractivity contribution in [2.24, 2.45) is 0 Å². The van der Waals surface area contributed by atoms with Crippen LogP contribution in [0.1, 0.15) is 23.1 Å². The molecule has 0 aliphatic heterocycles. The van der Waals surface area contributed by atoms with Crippen LogP contribution < -0.4 is 4.90 Å². The van der Waals surface area contributed by atoms with Crippen molar-refractivity contribution in [3.63, 3.8) is 0 Å². The van der Waals surface area contributed by atoms with E-state index in [4.69, 9.17) is 5.26 Å². The minimum atomic E-state index is 0.0485. The molecule has 0 atom stereocenters. The van der Waals surface area contributed by atoms with Gasteiger partial charge in [0.25, 0.3) is 0 Å². The minimum Gasteiger partial charge on any atom is -0.392 e. The number of rotatable bonds is 6. The predicted octanol–water partition coefficient (Wildman–Crippen LogP) is 2.80. The second kappa shape index (κ2) is 7.41. The molecule has 21 heavy (non-hydrogen) atoms. The van der Waals surface area contributed by atoms with Gasteiger partial charge in [-0.15, -0.1) is 0 Å². The smallest absolute Gasteiger partial charge is 0.0684 e. The summed E-state index contributed by atoms with van der Waals surface area (Å²) in [4.78, 5) is 6.29. The third-order valence-corrected chi connectivity index (χ3v) is 3.45. The molecule has 1 heterocycles. The number of aliphatic hydroxyl groups is 1. The summed E-state index contributed by atoms with van der Waals surface area (Å²) >= 11 is 0. The van der Waals surface area contributed by atoms with Gasteiger partial charge in [0.2, 0.25) is 0 Å². The number of anilines is 1. The van der Waals surface area contributed by atoms with Crippen molar-refractivity contribution in [3.05, 3.63) is 59.4 Å². The monoisotopic (exact) mass is 281 g/mol. The van der Waals surface area contributed by atoms with E-state index in [1.54, 1.807) is 6.20 Å². The fraction of sp³-hybridized carbons (Fsp3) is 0.294. The van der Waals surface area contributed by atoms with Crippen LogP contribution in [0.5, 0.6) is 0 Å². The van der Waals surface area contributed by atoms with Gasteiger partial charge in [0.05, 0.1) is 19.1 Å². The molecule has 108 valence electrons. The Morgan fingerprint density at radius 3 is 2.81 bits per heavy atom. The Labute approximate surface area is 125 Å². The first kappa shape index (κ1) is 15.0. The molecule has 0 saturated carbocycles. The van der Waals surface area contributed by atoms with Gasteiger partial charge in [-0.05, 0) is 41.8 Å². The average molecular weight is 281 g/mol. The van der Waals surface area contributed by atoms with E-state index in [0.29, 0.717) is 19.5 Å². The first-order valence-electron chi connectivity index (χ1n) is 6.96. The lowest BCUT2D eigenvalue weighted by Crippen LogP contribution is -2.24. The first-order valence-corrected chi connectivity index (χ1v) is 6.96. The van der Waals surface area contributed by atoms with Gasteiger partial charge in [-0.3, -0.25) is 4.98 Å². The Morgan fingerprint density at radius 2 is 2.19 bits per heavy atom. The van der Waals surface area contributed by atoms with Crippen LogP contribution in [0.4, 0.5) is 5.69 Å². The van der Waals surface area contributed by atoms with Crippen molar-refractivity contribution < 1.29 is 5.11 Å². The molecule has 0 amide bonds. The topological polar surface area (TPSA) is 60.2 Å². The van der Waals surface area contributed by atoms with Crippen molar-refractivity contribution in [3.8, 4) is 6.07 Å². The number of hydrogen-bond acceptors (Lipinski definition) is 4. The summed E-state index contributed by atoms with van der Waals surface area (Å²) in [6.45, 7) is 3.42. The molecular weight excluding hydrogens is 262 g/mol. The van der Waals surface area contributed by atoms with Gasteiger partial charge in [0.15, 0.2) is 0 Å². The third kappa shape index (κ3) is 4.04. The van der Waals surface area contributed by atoms with Crippen molar-refractivity contribution in [2.75, 3.05) is 11.4 Å². The first-order chi connectivity index (χ1) is 10.2. The van der Waals surface area contributed by atoms with Gasteiger partial charge in [-0.25, -0.2) is 0 Å². The van der Waals surface area contributed by atoms with Gasteiger partial charge in [-0.1, -0.05) is 12.1 Å². The van der Waals surface area contributed by atoms with Crippen LogP contribution in [0.25, 0.3) is 0 Å². The summed E-state index contributed by atoms with van der Waals surface area (Å²) in [5.74, 6) is 0. The maximum absolute atomic E-state index is 9.26. The highest BCUT2D eigenvalue weighted by molar-refractivity contribution is 5.51. The second-order valence-corrected chi connectivity index (χ2v) is 4.96. The zero-order valence-electron chi connectivity index (χ0n) is 12.2. The molecule has 0 bridgehead atoms. The minimum absolute atomic E-state index is 0.0485. The normalized spacial score (nSPS) is 10.1. The summed E-state index contributed by atoms with van der Waals surface area (Å²) in [5.41, 5.74) is 4.16. The average Bonchev–Trinajstić information content (AvgIpc) is 2.52. The van der Waals surface area contributed by atoms with Crippen LogP contribution in [0.15, 0.2) is 42.7 Å². The molecule has 0 radical (unpaired) electrons. The van der Waals surface area contributed by atoms with Gasteiger partial charge in [0, 0.05) is 31.2 Å². The lowest BCUT2D eigenvalue weighted by atomic mass is 10.1. The highest BCUT2D eigenvalue weighted by Crippen LogP contribution is 2.21. The van der Waals surface area contributed by atoms with Crippen LogP contribution in [-0.4, -0.2) is 16.6 Å². The molecule has 1 aromatic carbocycles. The third-order valence-electron chi connectivity index (χ3n) is 3.45. The van der Waals surface area contributed by atoms with E-state index in [-0.39, 0.29) is 6.61 Å². The van der Waals surface area contributed by atoms with Crippen molar-refractivity contribution in [1.82, 2.24) is 4.98 Å². The van der Waals surface area contributed by atoms with Crippen molar-refractivity contribution in [1.29, 1.82) is 5.26 Å². The standard InChI is InChI=1S/C17H19N3O/c1-14-10-17(6-5-16(14)13-21)20(9-3-7-18)12-15-4-2-8-19-11-15/h2,4-6,8,10-11,21H,3,9,12-13H2,1H3. The molecule has 2 rings (SSSR count). The maximum atomic E-state index is 9.26. The summed E-state index contributed by atoms with van der Waals surface area (Å²) in [6, 6.07) is 12.1. The fourth-order valence-electron chi connectivity index (χ4n) is 2.25. The zero-order chi connectivity index (χ0) is 15.1. The van der Waals surface area contributed by atoms with Crippen LogP contribution >= 0.6 is 0 Å². The Morgan fingerprint density at radius 1 is 1.33 bits per heavy atom. The molecule has 4 heteroatoms. The highest BCUT2D eigenvalue weighted by atomic mass is 16.3. The number of benzene rings is 1. The van der Waals surface area contributed by atoms with E-state index < -0.39 is 0 Å². The van der Waals surface area contributed by atoms with E-state index in [0.717, 1.165) is 22.4 Å². The van der Waals surface area contributed by atoms with E-state index >= 15 is 0 Å². The number of pyridine rings is 1. The molecule has 0 fully saturated rings. The van der Waals surface area contributed by atoms with Gasteiger partial charge < -0.3 is 10.0 Å². The zero-order valence-corrected chi connectivity index (χ0v) is 12.2. The Kier molecular flexibility index (Phi) is 5.30. The Hall–Kier alpha value is -2.38. The van der Waals surface area contributed by atoms with Gasteiger partial charge in [-0.2, -0.15) is 5.26 Å². The Balaban J connectivity index is 2.23. The Bertz CT molecular complexity index is 620. The molecule has 0 saturated heterocycles. The van der Waals surface area contributed by atoms with Crippen LogP contribution in [-0.2, 0) is 13.2 Å². The van der Waals surface area contributed by atoms with E-state index in [9.17, 15) is 5.11 Å². The number of aromatic nitrogens is 1. The van der Waals surface area contributed by atoms with E-state index in [1.165, 1.54) is 0 Å². The SMILES string of the molecule is Cc1cc(N(CCC#N)Cc2cccnc2)ccc1CO. The summed E-state index contributed by atoms with van der Waals surface area (Å²) in [6.07, 6.45) is 4.07. The molecule has 1 N–H and O–H groups in total. The summed E-state index contributed by atoms with van der Waals surface area (Å²) in [7, 11) is 0. The number of hydrogen-bond donors (Lipinski definition) is 1. The quantitative estimate of drug-likeness (QED) is 0.884. The molecule has 0 spiro atoms.